The van der Waals surface area contributed by atoms with Crippen LogP contribution in [0.5, 0.6) is 5.75 Å². The van der Waals surface area contributed by atoms with Crippen LogP contribution in [0.3, 0.4) is 0 Å². The first-order valence-electron chi connectivity index (χ1n) is 7.37. The van der Waals surface area contributed by atoms with E-state index in [1.54, 1.807) is 11.9 Å². The zero-order chi connectivity index (χ0) is 15.3. The van der Waals surface area contributed by atoms with Gasteiger partial charge in [-0.25, -0.2) is 0 Å². The first kappa shape index (κ1) is 15.8. The zero-order valence-corrected chi connectivity index (χ0v) is 12.8. The van der Waals surface area contributed by atoms with Gasteiger partial charge in [-0.15, -0.1) is 0 Å². The molecule has 116 valence electrons. The summed E-state index contributed by atoms with van der Waals surface area (Å²) in [7, 11) is 1.74. The number of likely N-dealkylation sites (tertiary alicyclic amines) is 1. The first-order chi connectivity index (χ1) is 10.0. The number of likely N-dealkylation sites (N-methyl/N-ethyl adjacent to an activating group) is 1. The summed E-state index contributed by atoms with van der Waals surface area (Å²) in [4.78, 5) is 13.6. The second-order valence-electron chi connectivity index (χ2n) is 5.78. The normalized spacial score (nSPS) is 22.1. The minimum absolute atomic E-state index is 0.0194. The minimum atomic E-state index is -0.966. The van der Waals surface area contributed by atoms with Gasteiger partial charge in [-0.05, 0) is 38.9 Å². The van der Waals surface area contributed by atoms with E-state index in [1.807, 2.05) is 31.2 Å². The smallest absolute Gasteiger partial charge is 0.236 e. The van der Waals surface area contributed by atoms with E-state index >= 15 is 0 Å². The molecule has 2 N–H and O–H groups in total. The van der Waals surface area contributed by atoms with E-state index in [9.17, 15) is 9.90 Å². The van der Waals surface area contributed by atoms with E-state index in [2.05, 4.69) is 5.32 Å². The number of hydrogen-bond donors (Lipinski definition) is 2. The fourth-order valence-corrected chi connectivity index (χ4v) is 2.56. The number of benzene rings is 1. The van der Waals surface area contributed by atoms with Crippen molar-refractivity contribution in [3.63, 3.8) is 0 Å². The predicted octanol–water partition coefficient (Wildman–Crippen LogP) is 0.947. The van der Waals surface area contributed by atoms with Crippen molar-refractivity contribution in [3.05, 3.63) is 29.8 Å². The molecule has 0 bridgehead atoms. The van der Waals surface area contributed by atoms with Crippen molar-refractivity contribution in [2.24, 2.45) is 0 Å². The fraction of sp³-hybridized carbons (Fsp3) is 0.562. The Morgan fingerprint density at radius 2 is 2.14 bits per heavy atom. The van der Waals surface area contributed by atoms with Crippen molar-refractivity contribution in [1.29, 1.82) is 0 Å². The third-order valence-electron chi connectivity index (χ3n) is 3.76. The molecule has 5 nitrogen and oxygen atoms in total. The number of rotatable bonds is 5. The van der Waals surface area contributed by atoms with Crippen LogP contribution in [0.15, 0.2) is 24.3 Å². The van der Waals surface area contributed by atoms with Crippen molar-refractivity contribution in [2.75, 3.05) is 33.3 Å². The molecular formula is C16H24N2O3. The molecule has 1 amide bonds. The van der Waals surface area contributed by atoms with Crippen molar-refractivity contribution in [2.45, 2.75) is 25.4 Å². The van der Waals surface area contributed by atoms with Crippen LogP contribution >= 0.6 is 0 Å². The number of hydrogen-bond acceptors (Lipinski definition) is 4. The molecule has 0 unspecified atom stereocenters. The molecule has 0 radical (unpaired) electrons. The highest BCUT2D eigenvalue weighted by atomic mass is 16.5. The van der Waals surface area contributed by atoms with Crippen LogP contribution in [-0.2, 0) is 4.79 Å². The molecule has 21 heavy (non-hydrogen) atoms. The fourth-order valence-electron chi connectivity index (χ4n) is 2.56. The van der Waals surface area contributed by atoms with Crippen molar-refractivity contribution in [3.8, 4) is 5.75 Å². The molecule has 0 aromatic heterocycles. The van der Waals surface area contributed by atoms with Gasteiger partial charge in [0.1, 0.15) is 18.0 Å². The highest BCUT2D eigenvalue weighted by Crippen LogP contribution is 2.23. The summed E-state index contributed by atoms with van der Waals surface area (Å²) in [5.74, 6) is 0.763. The Morgan fingerprint density at radius 1 is 1.43 bits per heavy atom. The maximum absolute atomic E-state index is 11.9. The number of amides is 1. The lowest BCUT2D eigenvalue weighted by Crippen LogP contribution is -2.54. The quantitative estimate of drug-likeness (QED) is 0.848. The van der Waals surface area contributed by atoms with E-state index in [0.29, 0.717) is 26.1 Å². The first-order valence-corrected chi connectivity index (χ1v) is 7.37. The van der Waals surface area contributed by atoms with Crippen LogP contribution in [0.25, 0.3) is 0 Å². The molecule has 5 heteroatoms. The molecule has 1 aliphatic rings. The number of aryl methyl sites for hydroxylation is 1. The molecule has 2 rings (SSSR count). The van der Waals surface area contributed by atoms with E-state index in [0.717, 1.165) is 12.2 Å². The number of carbonyl (C=O) groups excluding carboxylic acids is 1. The van der Waals surface area contributed by atoms with Gasteiger partial charge in [-0.1, -0.05) is 17.7 Å². The average Bonchev–Trinajstić information content (AvgIpc) is 2.47. The number of nitrogens with one attached hydrogen (secondary N) is 1. The molecule has 0 saturated carbocycles. The lowest BCUT2D eigenvalue weighted by Gasteiger charge is -2.39. The van der Waals surface area contributed by atoms with Gasteiger partial charge in [-0.2, -0.15) is 0 Å². The SMILES string of the molecule is CNCC(=O)N1CCC[C@@](O)(COc2ccc(C)cc2)C1. The lowest BCUT2D eigenvalue weighted by atomic mass is 9.93. The third kappa shape index (κ3) is 4.44. The standard InChI is InChI=1S/C16H24N2O3/c1-13-4-6-14(7-5-13)21-12-16(20)8-3-9-18(11-16)15(19)10-17-2/h4-7,17,20H,3,8-12H2,1-2H3/t16-/m0/s1. The van der Waals surface area contributed by atoms with Crippen LogP contribution < -0.4 is 10.1 Å². The van der Waals surface area contributed by atoms with Gasteiger partial charge in [0.15, 0.2) is 0 Å². The summed E-state index contributed by atoms with van der Waals surface area (Å²) in [5, 5.41) is 13.5. The van der Waals surface area contributed by atoms with Gasteiger partial charge < -0.3 is 20.1 Å². The second-order valence-corrected chi connectivity index (χ2v) is 5.78. The minimum Gasteiger partial charge on any atom is -0.491 e. The second kappa shape index (κ2) is 6.91. The summed E-state index contributed by atoms with van der Waals surface area (Å²) in [6.07, 6.45) is 1.45. The molecule has 1 aliphatic heterocycles. The Morgan fingerprint density at radius 3 is 2.81 bits per heavy atom. The van der Waals surface area contributed by atoms with Crippen LogP contribution in [-0.4, -0.2) is 54.8 Å². The third-order valence-corrected chi connectivity index (χ3v) is 3.76. The van der Waals surface area contributed by atoms with Gasteiger partial charge in [0.2, 0.25) is 5.91 Å². The monoisotopic (exact) mass is 292 g/mol. The van der Waals surface area contributed by atoms with Crippen molar-refractivity contribution < 1.29 is 14.6 Å². The van der Waals surface area contributed by atoms with Gasteiger partial charge in [-0.3, -0.25) is 4.79 Å². The average molecular weight is 292 g/mol. The van der Waals surface area contributed by atoms with E-state index in [4.69, 9.17) is 4.74 Å². The highest BCUT2D eigenvalue weighted by Gasteiger charge is 2.35. The Labute approximate surface area is 125 Å². The molecule has 1 aromatic carbocycles. The predicted molar refractivity (Wildman–Crippen MR) is 81.4 cm³/mol. The molecule has 1 atom stereocenters. The van der Waals surface area contributed by atoms with Crippen LogP contribution in [0.1, 0.15) is 18.4 Å². The maximum atomic E-state index is 11.9. The van der Waals surface area contributed by atoms with Crippen LogP contribution in [0, 0.1) is 6.92 Å². The van der Waals surface area contributed by atoms with Gasteiger partial charge in [0.05, 0.1) is 13.1 Å². The van der Waals surface area contributed by atoms with Crippen LogP contribution in [0.4, 0.5) is 0 Å². The Hall–Kier alpha value is -1.59. The molecular weight excluding hydrogens is 268 g/mol. The number of ether oxygens (including phenoxy) is 1. The van der Waals surface area contributed by atoms with Gasteiger partial charge >= 0.3 is 0 Å². The number of nitrogens with zero attached hydrogens (tertiary/aromatic N) is 1. The summed E-state index contributed by atoms with van der Waals surface area (Å²) in [5.41, 5.74) is 0.203. The molecule has 1 aromatic rings. The Kier molecular flexibility index (Phi) is 5.20. The summed E-state index contributed by atoms with van der Waals surface area (Å²) in [6.45, 7) is 3.56. The Balaban J connectivity index is 1.91. The summed E-state index contributed by atoms with van der Waals surface area (Å²) < 4.78 is 5.69. The number of carbonyl (C=O) groups is 1. The number of piperidine rings is 1. The summed E-state index contributed by atoms with van der Waals surface area (Å²) >= 11 is 0. The lowest BCUT2D eigenvalue weighted by molar-refractivity contribution is -0.139. The van der Waals surface area contributed by atoms with E-state index < -0.39 is 5.60 Å². The topological polar surface area (TPSA) is 61.8 Å². The molecule has 1 saturated heterocycles. The number of aliphatic hydroxyl groups is 1. The van der Waals surface area contributed by atoms with Gasteiger partial charge in [0.25, 0.3) is 0 Å². The Bertz CT molecular complexity index is 475. The molecule has 0 aliphatic carbocycles. The highest BCUT2D eigenvalue weighted by molar-refractivity contribution is 5.78. The van der Waals surface area contributed by atoms with Crippen molar-refractivity contribution in [1.82, 2.24) is 10.2 Å². The van der Waals surface area contributed by atoms with E-state index in [-0.39, 0.29) is 12.5 Å². The van der Waals surface area contributed by atoms with E-state index in [1.165, 1.54) is 5.56 Å². The maximum Gasteiger partial charge on any atom is 0.236 e. The molecule has 1 heterocycles. The molecule has 0 spiro atoms. The van der Waals surface area contributed by atoms with Crippen molar-refractivity contribution >= 4 is 5.91 Å². The zero-order valence-electron chi connectivity index (χ0n) is 12.8. The largest absolute Gasteiger partial charge is 0.491 e. The molecule has 1 fully saturated rings. The summed E-state index contributed by atoms with van der Waals surface area (Å²) in [6, 6.07) is 7.74. The van der Waals surface area contributed by atoms with Gasteiger partial charge in [0, 0.05) is 6.54 Å². The number of β-amino-alcohol motifs (C(OH)–C–C–N with tert-alkyl or cyclic N) is 1. The van der Waals surface area contributed by atoms with Crippen LogP contribution in [0.2, 0.25) is 0 Å².